The number of fused-ring (bicyclic) bond motifs is 1. The number of benzene rings is 2. The number of carbonyl (C=O) groups excluding carboxylic acids is 1. The molecule has 0 saturated carbocycles. The summed E-state index contributed by atoms with van der Waals surface area (Å²) in [4.78, 5) is 18.5. The highest BCUT2D eigenvalue weighted by Gasteiger charge is 2.14. The number of nitrogens with zero attached hydrogens (tertiary/aromatic N) is 2. The summed E-state index contributed by atoms with van der Waals surface area (Å²) < 4.78 is 11.0. The molecule has 1 amide bonds. The fourth-order valence-corrected chi connectivity index (χ4v) is 3.12. The molecule has 1 heterocycles. The number of rotatable bonds is 5. The second kappa shape index (κ2) is 7.66. The maximum Gasteiger partial charge on any atom is 0.226 e. The summed E-state index contributed by atoms with van der Waals surface area (Å²) >= 11 is 0. The Balaban J connectivity index is 2.12. The van der Waals surface area contributed by atoms with Crippen LogP contribution in [0, 0.1) is 6.92 Å². The molecule has 2 aromatic carbocycles. The normalized spacial score (nSPS) is 10.7. The van der Waals surface area contributed by atoms with Crippen molar-refractivity contribution >= 4 is 16.8 Å². The predicted molar refractivity (Wildman–Crippen MR) is 107 cm³/mol. The average Bonchev–Trinajstić information content (AvgIpc) is 2.66. The highest BCUT2D eigenvalue weighted by atomic mass is 16.5. The summed E-state index contributed by atoms with van der Waals surface area (Å²) in [6, 6.07) is 13.8. The van der Waals surface area contributed by atoms with Gasteiger partial charge in [0.1, 0.15) is 0 Å². The first kappa shape index (κ1) is 18.7. The molecular formula is C22H24N2O3. The molecule has 0 bridgehead atoms. The highest BCUT2D eigenvalue weighted by Crippen LogP contribution is 2.38. The van der Waals surface area contributed by atoms with Crippen LogP contribution in [0.3, 0.4) is 0 Å². The standard InChI is InChI=1S/C22H24N2O3/c1-14-11-18(17-7-6-8-20(26-4)22(17)27-5)23-19-12-15(9-10-16(14)19)13-21(25)24(2)3/h6-12H,13H2,1-5H3. The average molecular weight is 364 g/mol. The second-order valence-corrected chi connectivity index (χ2v) is 6.68. The number of carbonyl (C=O) groups is 1. The van der Waals surface area contributed by atoms with Crippen molar-refractivity contribution in [2.45, 2.75) is 13.3 Å². The lowest BCUT2D eigenvalue weighted by Gasteiger charge is -2.14. The van der Waals surface area contributed by atoms with Crippen molar-refractivity contribution < 1.29 is 14.3 Å². The van der Waals surface area contributed by atoms with Crippen molar-refractivity contribution in [1.82, 2.24) is 9.88 Å². The number of hydrogen-bond donors (Lipinski definition) is 0. The quantitative estimate of drug-likeness (QED) is 0.690. The van der Waals surface area contributed by atoms with E-state index < -0.39 is 0 Å². The largest absolute Gasteiger partial charge is 0.493 e. The maximum absolute atomic E-state index is 12.0. The number of amides is 1. The van der Waals surface area contributed by atoms with Gasteiger partial charge in [-0.05, 0) is 42.3 Å². The van der Waals surface area contributed by atoms with E-state index in [2.05, 4.69) is 6.92 Å². The van der Waals surface area contributed by atoms with Gasteiger partial charge in [0.2, 0.25) is 5.91 Å². The number of likely N-dealkylation sites (N-methyl/N-ethyl adjacent to an activating group) is 1. The van der Waals surface area contributed by atoms with E-state index in [-0.39, 0.29) is 5.91 Å². The lowest BCUT2D eigenvalue weighted by molar-refractivity contribution is -0.127. The molecule has 0 saturated heterocycles. The molecule has 0 fully saturated rings. The molecule has 140 valence electrons. The fraction of sp³-hybridized carbons (Fsp3) is 0.273. The third-order valence-corrected chi connectivity index (χ3v) is 4.61. The molecule has 3 aromatic rings. The first-order chi connectivity index (χ1) is 12.9. The van der Waals surface area contributed by atoms with Crippen molar-refractivity contribution in [1.29, 1.82) is 0 Å². The topological polar surface area (TPSA) is 51.7 Å². The van der Waals surface area contributed by atoms with Gasteiger partial charge < -0.3 is 14.4 Å². The first-order valence-electron chi connectivity index (χ1n) is 8.76. The van der Waals surface area contributed by atoms with E-state index in [4.69, 9.17) is 14.5 Å². The minimum absolute atomic E-state index is 0.0664. The molecule has 0 aliphatic heterocycles. The van der Waals surface area contributed by atoms with E-state index in [0.717, 1.165) is 33.3 Å². The van der Waals surface area contributed by atoms with Gasteiger partial charge in [-0.2, -0.15) is 0 Å². The minimum atomic E-state index is 0.0664. The Hall–Kier alpha value is -3.08. The van der Waals surface area contributed by atoms with E-state index in [1.54, 1.807) is 33.2 Å². The van der Waals surface area contributed by atoms with Crippen molar-refractivity contribution in [2.75, 3.05) is 28.3 Å². The van der Waals surface area contributed by atoms with Gasteiger partial charge >= 0.3 is 0 Å². The van der Waals surface area contributed by atoms with Gasteiger partial charge in [0.25, 0.3) is 0 Å². The van der Waals surface area contributed by atoms with Crippen LogP contribution in [-0.4, -0.2) is 44.1 Å². The molecule has 27 heavy (non-hydrogen) atoms. The first-order valence-corrected chi connectivity index (χ1v) is 8.76. The van der Waals surface area contributed by atoms with Crippen LogP contribution in [-0.2, 0) is 11.2 Å². The molecule has 0 aliphatic carbocycles. The van der Waals surface area contributed by atoms with Gasteiger partial charge in [-0.1, -0.05) is 18.2 Å². The smallest absolute Gasteiger partial charge is 0.226 e. The third-order valence-electron chi connectivity index (χ3n) is 4.61. The van der Waals surface area contributed by atoms with Crippen molar-refractivity contribution in [3.63, 3.8) is 0 Å². The Morgan fingerprint density at radius 2 is 1.85 bits per heavy atom. The van der Waals surface area contributed by atoms with E-state index in [1.807, 2.05) is 42.5 Å². The monoisotopic (exact) mass is 364 g/mol. The van der Waals surface area contributed by atoms with Gasteiger partial charge in [0.05, 0.1) is 31.9 Å². The van der Waals surface area contributed by atoms with E-state index >= 15 is 0 Å². The number of aromatic nitrogens is 1. The number of hydrogen-bond acceptors (Lipinski definition) is 4. The maximum atomic E-state index is 12.0. The number of pyridine rings is 1. The Morgan fingerprint density at radius 3 is 2.52 bits per heavy atom. The molecule has 0 spiro atoms. The van der Waals surface area contributed by atoms with Crippen LogP contribution in [0.15, 0.2) is 42.5 Å². The molecule has 0 N–H and O–H groups in total. The van der Waals surface area contributed by atoms with Gasteiger partial charge in [-0.15, -0.1) is 0 Å². The highest BCUT2D eigenvalue weighted by molar-refractivity contribution is 5.88. The summed E-state index contributed by atoms with van der Waals surface area (Å²) in [5.74, 6) is 1.39. The van der Waals surface area contributed by atoms with Crippen molar-refractivity contribution in [2.24, 2.45) is 0 Å². The van der Waals surface area contributed by atoms with Crippen LogP contribution >= 0.6 is 0 Å². The van der Waals surface area contributed by atoms with Crippen molar-refractivity contribution in [3.05, 3.63) is 53.6 Å². The van der Waals surface area contributed by atoms with Crippen LogP contribution in [0.2, 0.25) is 0 Å². The summed E-state index contributed by atoms with van der Waals surface area (Å²) in [5.41, 5.74) is 4.61. The third kappa shape index (κ3) is 3.72. The fourth-order valence-electron chi connectivity index (χ4n) is 3.12. The number of ether oxygens (including phenoxy) is 2. The van der Waals surface area contributed by atoms with E-state index in [1.165, 1.54) is 0 Å². The Kier molecular flexibility index (Phi) is 5.31. The molecule has 0 radical (unpaired) electrons. The molecule has 0 atom stereocenters. The summed E-state index contributed by atoms with van der Waals surface area (Å²) in [5, 5.41) is 1.07. The summed E-state index contributed by atoms with van der Waals surface area (Å²) in [7, 11) is 6.77. The Morgan fingerprint density at radius 1 is 1.07 bits per heavy atom. The van der Waals surface area contributed by atoms with Crippen LogP contribution in [0.25, 0.3) is 22.2 Å². The number of methoxy groups -OCH3 is 2. The lowest BCUT2D eigenvalue weighted by atomic mass is 10.0. The van der Waals surface area contributed by atoms with Gasteiger partial charge in [-0.25, -0.2) is 4.98 Å². The summed E-state index contributed by atoms with van der Waals surface area (Å²) in [6.45, 7) is 2.06. The second-order valence-electron chi connectivity index (χ2n) is 6.68. The minimum Gasteiger partial charge on any atom is -0.493 e. The van der Waals surface area contributed by atoms with Gasteiger partial charge in [0, 0.05) is 25.0 Å². The van der Waals surface area contributed by atoms with Crippen LogP contribution in [0.1, 0.15) is 11.1 Å². The molecule has 0 aliphatic rings. The van der Waals surface area contributed by atoms with Crippen LogP contribution in [0.4, 0.5) is 0 Å². The predicted octanol–water partition coefficient (Wildman–Crippen LogP) is 3.86. The zero-order chi connectivity index (χ0) is 19.6. The van der Waals surface area contributed by atoms with Crippen LogP contribution < -0.4 is 9.47 Å². The molecule has 3 rings (SSSR count). The van der Waals surface area contributed by atoms with Crippen molar-refractivity contribution in [3.8, 4) is 22.8 Å². The number of para-hydroxylation sites is 1. The van der Waals surface area contributed by atoms with E-state index in [9.17, 15) is 4.79 Å². The summed E-state index contributed by atoms with van der Waals surface area (Å²) in [6.07, 6.45) is 0.358. The Bertz CT molecular complexity index is 996. The molecule has 0 unspecified atom stereocenters. The number of aryl methyl sites for hydroxylation is 1. The molecule has 5 heteroatoms. The molecular weight excluding hydrogens is 340 g/mol. The SMILES string of the molecule is COc1cccc(-c2cc(C)c3ccc(CC(=O)N(C)C)cc3n2)c1OC. The van der Waals surface area contributed by atoms with Crippen LogP contribution in [0.5, 0.6) is 11.5 Å². The lowest BCUT2D eigenvalue weighted by Crippen LogP contribution is -2.23. The van der Waals surface area contributed by atoms with Gasteiger partial charge in [-0.3, -0.25) is 4.79 Å². The Labute approximate surface area is 159 Å². The van der Waals surface area contributed by atoms with Gasteiger partial charge in [0.15, 0.2) is 11.5 Å². The zero-order valence-corrected chi connectivity index (χ0v) is 16.4. The van der Waals surface area contributed by atoms with E-state index in [0.29, 0.717) is 17.9 Å². The zero-order valence-electron chi connectivity index (χ0n) is 16.4. The molecule has 1 aromatic heterocycles. The molecule has 5 nitrogen and oxygen atoms in total.